The molecule has 0 aliphatic rings. The molecule has 3 aromatic rings. The first kappa shape index (κ1) is 21.4. The lowest BCUT2D eigenvalue weighted by atomic mass is 10.2. The van der Waals surface area contributed by atoms with E-state index < -0.39 is 0 Å². The number of nitrogens with zero attached hydrogens (tertiary/aromatic N) is 3. The number of hydrazone groups is 1. The van der Waals surface area contributed by atoms with Crippen molar-refractivity contribution in [3.05, 3.63) is 65.2 Å². The molecule has 0 unspecified atom stereocenters. The third-order valence-electron chi connectivity index (χ3n) is 3.73. The maximum Gasteiger partial charge on any atom is 0.250 e. The van der Waals surface area contributed by atoms with Crippen LogP contribution in [-0.2, 0) is 10.5 Å². The number of rotatable bonds is 9. The summed E-state index contributed by atoms with van der Waals surface area (Å²) >= 11 is 4.48. The van der Waals surface area contributed by atoms with Crippen LogP contribution >= 0.6 is 34.9 Å². The van der Waals surface area contributed by atoms with Crippen LogP contribution in [0.5, 0.6) is 5.75 Å². The highest BCUT2D eigenvalue weighted by Crippen LogP contribution is 2.30. The average Bonchev–Trinajstić information content (AvgIpc) is 3.20. The van der Waals surface area contributed by atoms with Crippen molar-refractivity contribution in [2.45, 2.75) is 21.4 Å². The van der Waals surface area contributed by atoms with Crippen LogP contribution < -0.4 is 10.2 Å². The second-order valence-electron chi connectivity index (χ2n) is 5.93. The largest absolute Gasteiger partial charge is 0.496 e. The van der Waals surface area contributed by atoms with E-state index in [1.807, 2.05) is 24.3 Å². The zero-order valence-electron chi connectivity index (χ0n) is 16.0. The van der Waals surface area contributed by atoms with Gasteiger partial charge in [-0.3, -0.25) is 4.79 Å². The van der Waals surface area contributed by atoms with Crippen LogP contribution in [0.25, 0.3) is 0 Å². The first-order valence-electron chi connectivity index (χ1n) is 8.73. The number of ether oxygens (including phenoxy) is 1. The van der Waals surface area contributed by atoms with Gasteiger partial charge in [-0.25, -0.2) is 5.43 Å². The number of carbonyl (C=O) groups is 1. The molecule has 0 saturated carbocycles. The first-order chi connectivity index (χ1) is 14.1. The first-order valence-corrected chi connectivity index (χ1v) is 11.5. The van der Waals surface area contributed by atoms with E-state index in [4.69, 9.17) is 4.74 Å². The van der Waals surface area contributed by atoms with Gasteiger partial charge in [0, 0.05) is 11.3 Å². The Balaban J connectivity index is 1.42. The summed E-state index contributed by atoms with van der Waals surface area (Å²) in [4.78, 5) is 12.0. The second kappa shape index (κ2) is 11.0. The minimum atomic E-state index is -0.204. The predicted octanol–water partition coefficient (Wildman–Crippen LogP) is 4.39. The van der Waals surface area contributed by atoms with Gasteiger partial charge in [-0.1, -0.05) is 76.8 Å². The highest BCUT2D eigenvalue weighted by Gasteiger charge is 2.09. The number of hydrogen-bond donors (Lipinski definition) is 1. The molecule has 6 nitrogen and oxygen atoms in total. The van der Waals surface area contributed by atoms with Crippen molar-refractivity contribution in [1.29, 1.82) is 0 Å². The maximum absolute atomic E-state index is 12.0. The minimum Gasteiger partial charge on any atom is -0.496 e. The molecular weight excluding hydrogens is 424 g/mol. The van der Waals surface area contributed by atoms with Crippen molar-refractivity contribution in [2.75, 3.05) is 12.9 Å². The van der Waals surface area contributed by atoms with Crippen LogP contribution in [0, 0.1) is 6.92 Å². The van der Waals surface area contributed by atoms with E-state index in [1.54, 1.807) is 25.1 Å². The number of aromatic nitrogens is 2. The molecule has 3 rings (SSSR count). The number of amides is 1. The summed E-state index contributed by atoms with van der Waals surface area (Å²) in [7, 11) is 1.59. The van der Waals surface area contributed by atoms with Gasteiger partial charge in [0.05, 0.1) is 19.1 Å². The van der Waals surface area contributed by atoms with Crippen LogP contribution in [0.15, 0.2) is 62.3 Å². The van der Waals surface area contributed by atoms with Gasteiger partial charge in [0.15, 0.2) is 8.68 Å². The number of para-hydroxylation sites is 1. The Hall–Kier alpha value is -2.36. The van der Waals surface area contributed by atoms with Gasteiger partial charge in [0.25, 0.3) is 5.91 Å². The molecule has 9 heteroatoms. The molecule has 0 atom stereocenters. The van der Waals surface area contributed by atoms with Crippen molar-refractivity contribution < 1.29 is 9.53 Å². The maximum atomic E-state index is 12.0. The summed E-state index contributed by atoms with van der Waals surface area (Å²) in [6, 6.07) is 15.9. The van der Waals surface area contributed by atoms with Crippen molar-refractivity contribution >= 4 is 47.0 Å². The summed E-state index contributed by atoms with van der Waals surface area (Å²) in [6.07, 6.45) is 1.56. The number of methoxy groups -OCH3 is 1. The number of hydrogen-bond acceptors (Lipinski definition) is 8. The molecule has 29 heavy (non-hydrogen) atoms. The molecule has 0 radical (unpaired) electrons. The van der Waals surface area contributed by atoms with E-state index in [-0.39, 0.29) is 11.7 Å². The van der Waals surface area contributed by atoms with Gasteiger partial charge < -0.3 is 4.74 Å². The van der Waals surface area contributed by atoms with Gasteiger partial charge in [0.2, 0.25) is 0 Å². The van der Waals surface area contributed by atoms with E-state index in [9.17, 15) is 4.79 Å². The Morgan fingerprint density at radius 3 is 2.62 bits per heavy atom. The Labute approximate surface area is 182 Å². The summed E-state index contributed by atoms with van der Waals surface area (Å²) in [6.45, 7) is 2.07. The van der Waals surface area contributed by atoms with Crippen molar-refractivity contribution in [3.8, 4) is 5.75 Å². The van der Waals surface area contributed by atoms with Crippen LogP contribution in [0.1, 0.15) is 16.7 Å². The summed E-state index contributed by atoms with van der Waals surface area (Å²) in [5.41, 5.74) is 5.81. The monoisotopic (exact) mass is 444 g/mol. The lowest BCUT2D eigenvalue weighted by Gasteiger charge is -2.03. The number of benzene rings is 2. The quantitative estimate of drug-likeness (QED) is 0.300. The Morgan fingerprint density at radius 1 is 1.14 bits per heavy atom. The van der Waals surface area contributed by atoms with E-state index in [2.05, 4.69) is 51.9 Å². The molecule has 0 aliphatic heterocycles. The van der Waals surface area contributed by atoms with Gasteiger partial charge in [-0.2, -0.15) is 5.10 Å². The smallest absolute Gasteiger partial charge is 0.250 e. The number of carbonyl (C=O) groups excluding carboxylic acids is 1. The molecular formula is C20H20N4O2S3. The van der Waals surface area contributed by atoms with Crippen LogP contribution in [0.3, 0.4) is 0 Å². The second-order valence-corrected chi connectivity index (χ2v) is 9.35. The molecule has 1 N–H and O–H groups in total. The highest BCUT2D eigenvalue weighted by molar-refractivity contribution is 8.03. The van der Waals surface area contributed by atoms with Crippen LogP contribution in [0.4, 0.5) is 0 Å². The molecule has 0 bridgehead atoms. The van der Waals surface area contributed by atoms with E-state index >= 15 is 0 Å². The molecule has 0 aliphatic carbocycles. The average molecular weight is 445 g/mol. The molecule has 2 aromatic carbocycles. The molecule has 0 saturated heterocycles. The summed E-state index contributed by atoms with van der Waals surface area (Å²) < 4.78 is 6.90. The standard InChI is InChI=1S/C20H20N4O2S3/c1-14-7-9-15(10-8-14)12-27-19-23-24-20(29-19)28-13-18(25)22-21-11-16-5-3-4-6-17(16)26-2/h3-11H,12-13H2,1-2H3,(H,22,25). The predicted molar refractivity (Wildman–Crippen MR) is 120 cm³/mol. The van der Waals surface area contributed by atoms with Crippen LogP contribution in [0.2, 0.25) is 0 Å². The fourth-order valence-corrected chi connectivity index (χ4v) is 5.02. The Morgan fingerprint density at radius 2 is 1.86 bits per heavy atom. The van der Waals surface area contributed by atoms with E-state index in [0.29, 0.717) is 5.75 Å². The van der Waals surface area contributed by atoms with Crippen molar-refractivity contribution in [2.24, 2.45) is 5.10 Å². The number of thioether (sulfide) groups is 2. The summed E-state index contributed by atoms with van der Waals surface area (Å²) in [5, 5.41) is 12.3. The zero-order valence-corrected chi connectivity index (χ0v) is 18.4. The third-order valence-corrected chi connectivity index (χ3v) is 6.99. The number of nitrogens with one attached hydrogen (secondary N) is 1. The SMILES string of the molecule is COc1ccccc1C=NNC(=O)CSc1nnc(SCc2ccc(C)cc2)s1. The van der Waals surface area contributed by atoms with Crippen LogP contribution in [-0.4, -0.2) is 35.2 Å². The molecule has 1 amide bonds. The fraction of sp³-hybridized carbons (Fsp3) is 0.200. The zero-order chi connectivity index (χ0) is 20.5. The van der Waals surface area contributed by atoms with Gasteiger partial charge >= 0.3 is 0 Å². The molecule has 0 fully saturated rings. The van der Waals surface area contributed by atoms with Gasteiger partial charge in [-0.15, -0.1) is 10.2 Å². The topological polar surface area (TPSA) is 76.5 Å². The third kappa shape index (κ3) is 6.88. The normalized spacial score (nSPS) is 11.0. The van der Waals surface area contributed by atoms with Crippen molar-refractivity contribution in [3.63, 3.8) is 0 Å². The Bertz CT molecular complexity index is 974. The van der Waals surface area contributed by atoms with Gasteiger partial charge in [-0.05, 0) is 24.6 Å². The van der Waals surface area contributed by atoms with Gasteiger partial charge in [0.1, 0.15) is 5.75 Å². The molecule has 1 aromatic heterocycles. The highest BCUT2D eigenvalue weighted by atomic mass is 32.2. The minimum absolute atomic E-state index is 0.204. The lowest BCUT2D eigenvalue weighted by Crippen LogP contribution is -2.19. The van der Waals surface area contributed by atoms with E-state index in [0.717, 1.165) is 20.0 Å². The molecule has 150 valence electrons. The lowest BCUT2D eigenvalue weighted by molar-refractivity contribution is -0.118. The molecule has 1 heterocycles. The summed E-state index contributed by atoms with van der Waals surface area (Å²) in [5.74, 6) is 1.56. The molecule has 0 spiro atoms. The van der Waals surface area contributed by atoms with Crippen molar-refractivity contribution in [1.82, 2.24) is 15.6 Å². The Kier molecular flexibility index (Phi) is 8.09. The van der Waals surface area contributed by atoms with E-state index in [1.165, 1.54) is 34.2 Å². The fourth-order valence-electron chi connectivity index (χ4n) is 2.25. The number of aryl methyl sites for hydroxylation is 1.